The fourth-order valence-corrected chi connectivity index (χ4v) is 2.22. The van der Waals surface area contributed by atoms with E-state index in [0.717, 1.165) is 5.56 Å². The quantitative estimate of drug-likeness (QED) is 0.805. The fourth-order valence-electron chi connectivity index (χ4n) is 2.22. The zero-order valence-electron chi connectivity index (χ0n) is 12.8. The third-order valence-electron chi connectivity index (χ3n) is 3.44. The lowest BCUT2D eigenvalue weighted by Gasteiger charge is -2.17. The van der Waals surface area contributed by atoms with Crippen LogP contribution in [0.3, 0.4) is 0 Å². The van der Waals surface area contributed by atoms with Gasteiger partial charge in [0.05, 0.1) is 19.3 Å². The Hall–Kier alpha value is -1.99. The molecule has 7 heteroatoms. The van der Waals surface area contributed by atoms with Gasteiger partial charge in [-0.05, 0) is 24.6 Å². The minimum atomic E-state index is -0.237. The van der Waals surface area contributed by atoms with Crippen LogP contribution in [0.2, 0.25) is 0 Å². The molecule has 22 heavy (non-hydrogen) atoms. The maximum atomic E-state index is 11.9. The molecule has 2 amide bonds. The minimum Gasteiger partial charge on any atom is -0.377 e. The average Bonchev–Trinajstić information content (AvgIpc) is 2.92. The second-order valence-electron chi connectivity index (χ2n) is 5.25. The van der Waals surface area contributed by atoms with Crippen molar-refractivity contribution in [2.24, 2.45) is 0 Å². The van der Waals surface area contributed by atoms with Crippen LogP contribution in [0.1, 0.15) is 18.4 Å². The molecule has 2 heterocycles. The van der Waals surface area contributed by atoms with E-state index in [0.29, 0.717) is 19.0 Å². The molecule has 120 valence electrons. The van der Waals surface area contributed by atoms with Crippen molar-refractivity contribution in [3.8, 4) is 0 Å². The first-order valence-electron chi connectivity index (χ1n) is 7.21. The van der Waals surface area contributed by atoms with Gasteiger partial charge in [0.1, 0.15) is 11.9 Å². The third-order valence-corrected chi connectivity index (χ3v) is 3.44. The second kappa shape index (κ2) is 7.86. The Morgan fingerprint density at radius 1 is 1.36 bits per heavy atom. The summed E-state index contributed by atoms with van der Waals surface area (Å²) < 4.78 is 10.5. The maximum absolute atomic E-state index is 11.9. The first-order chi connectivity index (χ1) is 10.6. The van der Waals surface area contributed by atoms with Crippen LogP contribution in [0.5, 0.6) is 0 Å². The van der Waals surface area contributed by atoms with Crippen molar-refractivity contribution in [2.45, 2.75) is 31.9 Å². The van der Waals surface area contributed by atoms with Crippen molar-refractivity contribution >= 4 is 17.6 Å². The lowest BCUT2D eigenvalue weighted by atomic mass is 10.2. The molecule has 0 bridgehead atoms. The number of methoxy groups -OCH3 is 1. The third kappa shape index (κ3) is 4.78. The van der Waals surface area contributed by atoms with Gasteiger partial charge in [-0.25, -0.2) is 4.98 Å². The molecule has 1 fully saturated rings. The Morgan fingerprint density at radius 3 is 2.86 bits per heavy atom. The topological polar surface area (TPSA) is 89.5 Å². The predicted molar refractivity (Wildman–Crippen MR) is 80.4 cm³/mol. The number of hydrogen-bond acceptors (Lipinski definition) is 5. The SMILES string of the molecule is CO[C@H]1COC[C@@H]1NC(=O)CCC(=O)Nc1cc(C)ccn1. The molecule has 1 aromatic heterocycles. The number of nitrogens with one attached hydrogen (secondary N) is 2. The number of carbonyl (C=O) groups excluding carboxylic acids is 2. The second-order valence-corrected chi connectivity index (χ2v) is 5.25. The van der Waals surface area contributed by atoms with E-state index in [2.05, 4.69) is 15.6 Å². The number of aryl methyl sites for hydroxylation is 1. The van der Waals surface area contributed by atoms with Crippen LogP contribution in [0.4, 0.5) is 5.82 Å². The molecule has 1 saturated heterocycles. The lowest BCUT2D eigenvalue weighted by molar-refractivity contribution is -0.125. The first kappa shape index (κ1) is 16.4. The molecule has 0 aliphatic carbocycles. The van der Waals surface area contributed by atoms with E-state index in [4.69, 9.17) is 9.47 Å². The molecule has 0 unspecified atom stereocenters. The molecule has 0 spiro atoms. The van der Waals surface area contributed by atoms with E-state index < -0.39 is 0 Å². The van der Waals surface area contributed by atoms with Crippen LogP contribution in [0.25, 0.3) is 0 Å². The normalized spacial score (nSPS) is 20.6. The molecule has 0 radical (unpaired) electrons. The van der Waals surface area contributed by atoms with Gasteiger partial charge in [-0.1, -0.05) is 0 Å². The Morgan fingerprint density at radius 2 is 2.14 bits per heavy atom. The summed E-state index contributed by atoms with van der Waals surface area (Å²) in [5.74, 6) is 0.0677. The molecule has 1 aliphatic rings. The number of nitrogens with zero attached hydrogens (tertiary/aromatic N) is 1. The molecular formula is C15H21N3O4. The van der Waals surface area contributed by atoms with Crippen LogP contribution in [0.15, 0.2) is 18.3 Å². The van der Waals surface area contributed by atoms with Gasteiger partial charge in [0.15, 0.2) is 0 Å². The van der Waals surface area contributed by atoms with E-state index in [1.165, 1.54) is 0 Å². The number of pyridine rings is 1. The molecule has 1 aliphatic heterocycles. The highest BCUT2D eigenvalue weighted by atomic mass is 16.5. The summed E-state index contributed by atoms with van der Waals surface area (Å²) in [4.78, 5) is 27.7. The summed E-state index contributed by atoms with van der Waals surface area (Å²) in [6.45, 7) is 2.82. The van der Waals surface area contributed by atoms with Crippen LogP contribution in [-0.4, -0.2) is 49.3 Å². The van der Waals surface area contributed by atoms with Gasteiger partial charge >= 0.3 is 0 Å². The molecule has 7 nitrogen and oxygen atoms in total. The van der Waals surface area contributed by atoms with Crippen molar-refractivity contribution in [3.05, 3.63) is 23.9 Å². The van der Waals surface area contributed by atoms with Crippen molar-refractivity contribution in [2.75, 3.05) is 25.6 Å². The highest BCUT2D eigenvalue weighted by Gasteiger charge is 2.29. The van der Waals surface area contributed by atoms with Gasteiger partial charge in [0.2, 0.25) is 11.8 Å². The highest BCUT2D eigenvalue weighted by molar-refractivity contribution is 5.92. The summed E-state index contributed by atoms with van der Waals surface area (Å²) in [5.41, 5.74) is 1.01. The number of rotatable bonds is 6. The molecule has 2 N–H and O–H groups in total. The standard InChI is InChI=1S/C15H21N3O4/c1-10-5-6-16-13(7-10)18-15(20)4-3-14(19)17-11-8-22-9-12(11)21-2/h5-7,11-12H,3-4,8-9H2,1-2H3,(H,17,19)(H,16,18,20)/t11-,12-/m0/s1. The Bertz CT molecular complexity index is 535. The van der Waals surface area contributed by atoms with Crippen LogP contribution < -0.4 is 10.6 Å². The van der Waals surface area contributed by atoms with Gasteiger partial charge in [-0.2, -0.15) is 0 Å². The van der Waals surface area contributed by atoms with Gasteiger partial charge in [-0.3, -0.25) is 9.59 Å². The Labute approximate surface area is 129 Å². The summed E-state index contributed by atoms with van der Waals surface area (Å²) in [7, 11) is 1.58. The van der Waals surface area contributed by atoms with E-state index in [9.17, 15) is 9.59 Å². The molecule has 2 atom stereocenters. The monoisotopic (exact) mass is 307 g/mol. The maximum Gasteiger partial charge on any atom is 0.226 e. The fraction of sp³-hybridized carbons (Fsp3) is 0.533. The zero-order valence-corrected chi connectivity index (χ0v) is 12.8. The molecule has 1 aromatic rings. The number of carbonyl (C=O) groups is 2. The van der Waals surface area contributed by atoms with E-state index in [1.807, 2.05) is 13.0 Å². The highest BCUT2D eigenvalue weighted by Crippen LogP contribution is 2.10. The molecular weight excluding hydrogens is 286 g/mol. The Kier molecular flexibility index (Phi) is 5.85. The van der Waals surface area contributed by atoms with Gasteiger partial charge in [-0.15, -0.1) is 0 Å². The smallest absolute Gasteiger partial charge is 0.226 e. The number of anilines is 1. The van der Waals surface area contributed by atoms with E-state index >= 15 is 0 Å². The predicted octanol–water partition coefficient (Wildman–Crippen LogP) is 0.639. The van der Waals surface area contributed by atoms with Crippen molar-refractivity contribution in [3.63, 3.8) is 0 Å². The summed E-state index contributed by atoms with van der Waals surface area (Å²) >= 11 is 0. The van der Waals surface area contributed by atoms with Crippen LogP contribution in [0, 0.1) is 6.92 Å². The van der Waals surface area contributed by atoms with Gasteiger partial charge in [0, 0.05) is 26.1 Å². The lowest BCUT2D eigenvalue weighted by Crippen LogP contribution is -2.43. The van der Waals surface area contributed by atoms with Crippen molar-refractivity contribution in [1.29, 1.82) is 0 Å². The van der Waals surface area contributed by atoms with E-state index in [1.54, 1.807) is 19.4 Å². The van der Waals surface area contributed by atoms with Crippen molar-refractivity contribution in [1.82, 2.24) is 10.3 Å². The first-order valence-corrected chi connectivity index (χ1v) is 7.21. The van der Waals surface area contributed by atoms with Crippen molar-refractivity contribution < 1.29 is 19.1 Å². The molecule has 0 saturated carbocycles. The number of hydrogen-bond donors (Lipinski definition) is 2. The zero-order chi connectivity index (χ0) is 15.9. The largest absolute Gasteiger partial charge is 0.377 e. The summed E-state index contributed by atoms with van der Waals surface area (Å²) in [6.07, 6.45) is 1.72. The summed E-state index contributed by atoms with van der Waals surface area (Å²) in [6, 6.07) is 3.47. The Balaban J connectivity index is 1.72. The van der Waals surface area contributed by atoms with Gasteiger partial charge in [0.25, 0.3) is 0 Å². The minimum absolute atomic E-state index is 0.104. The average molecular weight is 307 g/mol. The van der Waals surface area contributed by atoms with E-state index in [-0.39, 0.29) is 36.8 Å². The van der Waals surface area contributed by atoms with Gasteiger partial charge < -0.3 is 20.1 Å². The number of amides is 2. The number of aromatic nitrogens is 1. The number of ether oxygens (including phenoxy) is 2. The van der Waals surface area contributed by atoms with Crippen LogP contribution >= 0.6 is 0 Å². The molecule has 0 aromatic carbocycles. The molecule has 2 rings (SSSR count). The summed E-state index contributed by atoms with van der Waals surface area (Å²) in [5, 5.41) is 5.50. The van der Waals surface area contributed by atoms with Crippen LogP contribution in [-0.2, 0) is 19.1 Å².